The molecule has 1 aliphatic heterocycles. The molecule has 4 rings (SSSR count). The summed E-state index contributed by atoms with van der Waals surface area (Å²) in [5.41, 5.74) is 1.11. The van der Waals surface area contributed by atoms with Gasteiger partial charge in [0.25, 0.3) is 5.91 Å². The molecule has 1 aromatic carbocycles. The summed E-state index contributed by atoms with van der Waals surface area (Å²) in [7, 11) is 0. The molecule has 168 valence electrons. The van der Waals surface area contributed by atoms with Crippen LogP contribution >= 0.6 is 22.9 Å². The molecule has 0 N–H and O–H groups in total. The van der Waals surface area contributed by atoms with Crippen molar-refractivity contribution in [3.05, 3.63) is 75.3 Å². The van der Waals surface area contributed by atoms with E-state index in [1.807, 2.05) is 30.9 Å². The van der Waals surface area contributed by atoms with Gasteiger partial charge in [-0.3, -0.25) is 9.59 Å². The number of hydrogen-bond acceptors (Lipinski definition) is 5. The second-order valence-corrected chi connectivity index (χ2v) is 9.36. The third kappa shape index (κ3) is 4.84. The lowest BCUT2D eigenvalue weighted by Gasteiger charge is -2.37. The minimum Gasteiger partial charge on any atom is -0.491 e. The molecule has 3 aromatic rings. The molecule has 32 heavy (non-hydrogen) atoms. The first-order chi connectivity index (χ1) is 15.4. The highest BCUT2D eigenvalue weighted by atomic mass is 35.5. The standard InChI is InChI=1S/C24H25ClN2O4S/c1-16(2)27(24(29)21-4-3-12-30-21)14-23(28)26-11-9-22-19(10-13-32-22)20(26)15-31-18-7-5-17(25)6-8-18/h3-8,10,12-13,16,20H,9,11,14-15H2,1-2H3/t20-/m0/s1. The lowest BCUT2D eigenvalue weighted by Crippen LogP contribution is -2.49. The second-order valence-electron chi connectivity index (χ2n) is 7.92. The van der Waals surface area contributed by atoms with Gasteiger partial charge in [0, 0.05) is 22.5 Å². The average molecular weight is 473 g/mol. The van der Waals surface area contributed by atoms with Crippen molar-refractivity contribution in [2.75, 3.05) is 19.7 Å². The van der Waals surface area contributed by atoms with E-state index in [0.717, 1.165) is 12.0 Å². The summed E-state index contributed by atoms with van der Waals surface area (Å²) in [5, 5.41) is 2.69. The number of carbonyl (C=O) groups is 2. The first kappa shape index (κ1) is 22.4. The molecule has 2 aromatic heterocycles. The number of ether oxygens (including phenoxy) is 1. The van der Waals surface area contributed by atoms with Crippen molar-refractivity contribution >= 4 is 34.8 Å². The van der Waals surface area contributed by atoms with Crippen LogP contribution < -0.4 is 4.74 Å². The number of halogens is 1. The molecule has 0 aliphatic carbocycles. The van der Waals surface area contributed by atoms with E-state index >= 15 is 0 Å². The SMILES string of the molecule is CC(C)N(CC(=O)N1CCc2sccc2[C@@H]1COc1ccc(Cl)cc1)C(=O)c1ccco1. The Kier molecular flexibility index (Phi) is 6.86. The average Bonchev–Trinajstić information content (AvgIpc) is 3.48. The molecule has 8 heteroatoms. The van der Waals surface area contributed by atoms with E-state index in [4.69, 9.17) is 20.8 Å². The van der Waals surface area contributed by atoms with Crippen LogP contribution in [0.15, 0.2) is 58.5 Å². The van der Waals surface area contributed by atoms with Crippen molar-refractivity contribution in [2.45, 2.75) is 32.4 Å². The molecule has 0 unspecified atom stereocenters. The van der Waals surface area contributed by atoms with E-state index in [1.165, 1.54) is 11.1 Å². The summed E-state index contributed by atoms with van der Waals surface area (Å²) in [6, 6.07) is 12.1. The summed E-state index contributed by atoms with van der Waals surface area (Å²) >= 11 is 7.67. The molecule has 0 saturated heterocycles. The summed E-state index contributed by atoms with van der Waals surface area (Å²) in [4.78, 5) is 30.9. The van der Waals surface area contributed by atoms with Crippen LogP contribution in [0.2, 0.25) is 5.02 Å². The molecule has 3 heterocycles. The zero-order valence-electron chi connectivity index (χ0n) is 18.0. The fourth-order valence-corrected chi connectivity index (χ4v) is 4.90. The number of rotatable bonds is 7. The van der Waals surface area contributed by atoms with Gasteiger partial charge in [0.05, 0.1) is 12.3 Å². The van der Waals surface area contributed by atoms with Gasteiger partial charge in [0.1, 0.15) is 18.9 Å². The zero-order valence-corrected chi connectivity index (χ0v) is 19.6. The van der Waals surface area contributed by atoms with E-state index in [9.17, 15) is 9.59 Å². The van der Waals surface area contributed by atoms with Gasteiger partial charge in [-0.15, -0.1) is 11.3 Å². The third-order valence-corrected chi connectivity index (χ3v) is 6.81. The first-order valence-corrected chi connectivity index (χ1v) is 11.8. The number of benzene rings is 1. The van der Waals surface area contributed by atoms with E-state index in [1.54, 1.807) is 40.5 Å². The minimum absolute atomic E-state index is 0.0197. The van der Waals surface area contributed by atoms with Gasteiger partial charge in [-0.25, -0.2) is 0 Å². The van der Waals surface area contributed by atoms with Gasteiger partial charge < -0.3 is 19.0 Å². The van der Waals surface area contributed by atoms with E-state index in [2.05, 4.69) is 11.4 Å². The molecular formula is C24H25ClN2O4S. The maximum atomic E-state index is 13.4. The number of nitrogens with zero attached hydrogens (tertiary/aromatic N) is 2. The van der Waals surface area contributed by atoms with Gasteiger partial charge in [-0.1, -0.05) is 11.6 Å². The van der Waals surface area contributed by atoms with Crippen LogP contribution in [0.1, 0.15) is 40.9 Å². The van der Waals surface area contributed by atoms with E-state index in [0.29, 0.717) is 23.9 Å². The molecule has 0 spiro atoms. The Balaban J connectivity index is 1.52. The Morgan fingerprint density at radius 1 is 1.25 bits per heavy atom. The van der Waals surface area contributed by atoms with Crippen LogP contribution in [-0.2, 0) is 11.2 Å². The predicted octanol–water partition coefficient (Wildman–Crippen LogP) is 5.05. The van der Waals surface area contributed by atoms with Crippen molar-refractivity contribution < 1.29 is 18.7 Å². The number of thiophene rings is 1. The molecule has 1 atom stereocenters. The van der Waals surface area contributed by atoms with Crippen molar-refractivity contribution in [3.63, 3.8) is 0 Å². The lowest BCUT2D eigenvalue weighted by atomic mass is 10.00. The number of fused-ring (bicyclic) bond motifs is 1. The lowest BCUT2D eigenvalue weighted by molar-refractivity contribution is -0.136. The van der Waals surface area contributed by atoms with Crippen LogP contribution in [0.3, 0.4) is 0 Å². The van der Waals surface area contributed by atoms with Crippen molar-refractivity contribution in [1.82, 2.24) is 9.80 Å². The Morgan fingerprint density at radius 2 is 2.03 bits per heavy atom. The highest BCUT2D eigenvalue weighted by Gasteiger charge is 2.34. The van der Waals surface area contributed by atoms with Gasteiger partial charge in [0.15, 0.2) is 5.76 Å². The molecule has 0 saturated carbocycles. The number of carbonyl (C=O) groups excluding carboxylic acids is 2. The fourth-order valence-electron chi connectivity index (χ4n) is 3.85. The molecule has 2 amide bonds. The van der Waals surface area contributed by atoms with E-state index < -0.39 is 0 Å². The van der Waals surface area contributed by atoms with Crippen molar-refractivity contribution in [2.24, 2.45) is 0 Å². The minimum atomic E-state index is -0.291. The zero-order chi connectivity index (χ0) is 22.7. The largest absolute Gasteiger partial charge is 0.491 e. The highest BCUT2D eigenvalue weighted by Crippen LogP contribution is 2.34. The monoisotopic (exact) mass is 472 g/mol. The van der Waals surface area contributed by atoms with Crippen molar-refractivity contribution in [3.8, 4) is 5.75 Å². The number of hydrogen-bond donors (Lipinski definition) is 0. The fraction of sp³-hybridized carbons (Fsp3) is 0.333. The normalized spacial score (nSPS) is 15.5. The van der Waals surface area contributed by atoms with Crippen LogP contribution in [0.4, 0.5) is 0 Å². The van der Waals surface area contributed by atoms with E-state index in [-0.39, 0.29) is 36.2 Å². The molecule has 0 fully saturated rings. The Morgan fingerprint density at radius 3 is 2.72 bits per heavy atom. The van der Waals surface area contributed by atoms with Crippen LogP contribution in [0, 0.1) is 0 Å². The number of furan rings is 1. The summed E-state index contributed by atoms with van der Waals surface area (Å²) in [6.07, 6.45) is 2.25. The third-order valence-electron chi connectivity index (χ3n) is 5.56. The summed E-state index contributed by atoms with van der Waals surface area (Å²) < 4.78 is 11.3. The van der Waals surface area contributed by atoms with Crippen LogP contribution in [-0.4, -0.2) is 47.4 Å². The quantitative estimate of drug-likeness (QED) is 0.482. The summed E-state index contributed by atoms with van der Waals surface area (Å²) in [6.45, 7) is 4.67. The predicted molar refractivity (Wildman–Crippen MR) is 124 cm³/mol. The Hall–Kier alpha value is -2.77. The smallest absolute Gasteiger partial charge is 0.290 e. The van der Waals surface area contributed by atoms with Crippen LogP contribution in [0.25, 0.3) is 0 Å². The molecule has 0 bridgehead atoms. The molecule has 0 radical (unpaired) electrons. The van der Waals surface area contributed by atoms with Gasteiger partial charge in [-0.2, -0.15) is 0 Å². The first-order valence-electron chi connectivity index (χ1n) is 10.5. The Labute approximate surface area is 196 Å². The topological polar surface area (TPSA) is 63.0 Å². The van der Waals surface area contributed by atoms with Gasteiger partial charge in [0.2, 0.25) is 5.91 Å². The Bertz CT molecular complexity index is 1060. The van der Waals surface area contributed by atoms with Gasteiger partial charge >= 0.3 is 0 Å². The maximum absolute atomic E-state index is 13.4. The highest BCUT2D eigenvalue weighted by molar-refractivity contribution is 7.10. The molecular weight excluding hydrogens is 448 g/mol. The summed E-state index contributed by atoms with van der Waals surface area (Å²) in [5.74, 6) is 0.523. The van der Waals surface area contributed by atoms with Gasteiger partial charge in [-0.05, 0) is 73.7 Å². The maximum Gasteiger partial charge on any atom is 0.290 e. The van der Waals surface area contributed by atoms with Crippen LogP contribution in [0.5, 0.6) is 5.75 Å². The molecule has 1 aliphatic rings. The van der Waals surface area contributed by atoms with Crippen molar-refractivity contribution in [1.29, 1.82) is 0 Å². The molecule has 6 nitrogen and oxygen atoms in total. The second kappa shape index (κ2) is 9.79. The number of amides is 2.